The predicted octanol–water partition coefficient (Wildman–Crippen LogP) is 5.25. The molecule has 0 unspecified atom stereocenters. The number of Topliss-reactive ketones (excluding diaryl/α,β-unsaturated/α-hetero) is 1. The second-order valence-electron chi connectivity index (χ2n) is 6.42. The van der Waals surface area contributed by atoms with E-state index < -0.39 is 0 Å². The highest BCUT2D eigenvalue weighted by Gasteiger charge is 2.13. The minimum absolute atomic E-state index is 0.00310. The van der Waals surface area contributed by atoms with E-state index in [-0.39, 0.29) is 12.4 Å². The summed E-state index contributed by atoms with van der Waals surface area (Å²) in [6, 6.07) is 9.64. The molecule has 2 aromatic rings. The van der Waals surface area contributed by atoms with Crippen LogP contribution in [0.2, 0.25) is 0 Å². The molecule has 0 radical (unpaired) electrons. The van der Waals surface area contributed by atoms with Crippen molar-refractivity contribution in [2.24, 2.45) is 4.99 Å². The first-order valence-corrected chi connectivity index (χ1v) is 9.39. The summed E-state index contributed by atoms with van der Waals surface area (Å²) in [6.45, 7) is 8.86. The van der Waals surface area contributed by atoms with Crippen LogP contribution >= 0.6 is 15.9 Å². The number of rotatable bonds is 7. The Balaban J connectivity index is 2.13. The number of aliphatic imine (C=N–C) groups is 1. The number of ether oxygens (including phenoxy) is 1. The first-order chi connectivity index (χ1) is 12.3. The van der Waals surface area contributed by atoms with Gasteiger partial charge in [-0.1, -0.05) is 6.07 Å². The van der Waals surface area contributed by atoms with Gasteiger partial charge in [-0.25, -0.2) is 4.99 Å². The highest BCUT2D eigenvalue weighted by atomic mass is 79.9. The Bertz CT molecular complexity index is 831. The lowest BCUT2D eigenvalue weighted by atomic mass is 10.0. The maximum atomic E-state index is 12.6. The van der Waals surface area contributed by atoms with Crippen LogP contribution in [-0.4, -0.2) is 37.2 Å². The van der Waals surface area contributed by atoms with Gasteiger partial charge in [0.05, 0.1) is 16.5 Å². The minimum Gasteiger partial charge on any atom is -0.484 e. The van der Waals surface area contributed by atoms with Gasteiger partial charge in [0.1, 0.15) is 5.75 Å². The van der Waals surface area contributed by atoms with Gasteiger partial charge < -0.3 is 9.64 Å². The zero-order valence-electron chi connectivity index (χ0n) is 16.0. The van der Waals surface area contributed by atoms with E-state index in [2.05, 4.69) is 27.8 Å². The van der Waals surface area contributed by atoms with Crippen LogP contribution in [0.15, 0.2) is 39.8 Å². The number of hydrogen-bond acceptors (Lipinski definition) is 3. The first kappa shape index (κ1) is 20.2. The van der Waals surface area contributed by atoms with E-state index in [1.165, 1.54) is 0 Å². The van der Waals surface area contributed by atoms with Crippen molar-refractivity contribution in [2.45, 2.75) is 27.7 Å². The van der Waals surface area contributed by atoms with Crippen molar-refractivity contribution in [3.63, 3.8) is 0 Å². The summed E-state index contributed by atoms with van der Waals surface area (Å²) >= 11 is 3.47. The lowest BCUT2D eigenvalue weighted by Crippen LogP contribution is -2.14. The predicted molar refractivity (Wildman–Crippen MR) is 111 cm³/mol. The number of benzene rings is 2. The third-order valence-electron chi connectivity index (χ3n) is 4.18. The third-order valence-corrected chi connectivity index (χ3v) is 4.80. The van der Waals surface area contributed by atoms with Crippen LogP contribution in [0.4, 0.5) is 5.69 Å². The van der Waals surface area contributed by atoms with Crippen LogP contribution in [0.25, 0.3) is 0 Å². The third kappa shape index (κ3) is 5.18. The molecule has 138 valence electrons. The number of ketones is 1. The molecular weight excluding hydrogens is 392 g/mol. The van der Waals surface area contributed by atoms with Gasteiger partial charge in [-0.2, -0.15) is 0 Å². The molecular formula is C21H25BrN2O2. The first-order valence-electron chi connectivity index (χ1n) is 8.59. The van der Waals surface area contributed by atoms with Crippen LogP contribution in [0.3, 0.4) is 0 Å². The maximum absolute atomic E-state index is 12.6. The average molecular weight is 417 g/mol. The van der Waals surface area contributed by atoms with Crippen molar-refractivity contribution in [1.82, 2.24) is 4.90 Å². The van der Waals surface area contributed by atoms with E-state index in [1.54, 1.807) is 6.34 Å². The molecule has 0 saturated carbocycles. The normalized spacial score (nSPS) is 11.0. The number of hydrogen-bond donors (Lipinski definition) is 0. The molecule has 0 aliphatic rings. The van der Waals surface area contributed by atoms with Gasteiger partial charge in [-0.05, 0) is 84.6 Å². The number of carbonyl (C=O) groups excluding carboxylic acids is 1. The van der Waals surface area contributed by atoms with E-state index >= 15 is 0 Å². The fourth-order valence-electron chi connectivity index (χ4n) is 2.43. The van der Waals surface area contributed by atoms with Crippen LogP contribution in [0.5, 0.6) is 5.75 Å². The van der Waals surface area contributed by atoms with Gasteiger partial charge in [0.15, 0.2) is 12.4 Å². The van der Waals surface area contributed by atoms with Gasteiger partial charge in [0, 0.05) is 19.2 Å². The summed E-state index contributed by atoms with van der Waals surface area (Å²) < 4.78 is 6.54. The molecule has 2 aromatic carbocycles. The lowest BCUT2D eigenvalue weighted by Gasteiger charge is -2.12. The molecule has 0 aromatic heterocycles. The van der Waals surface area contributed by atoms with E-state index in [9.17, 15) is 4.79 Å². The molecule has 0 saturated heterocycles. The van der Waals surface area contributed by atoms with Gasteiger partial charge in [-0.15, -0.1) is 0 Å². The molecule has 0 aliphatic heterocycles. The Labute approximate surface area is 164 Å². The Morgan fingerprint density at radius 2 is 1.92 bits per heavy atom. The molecule has 0 amide bonds. The highest BCUT2D eigenvalue weighted by molar-refractivity contribution is 9.10. The second-order valence-corrected chi connectivity index (χ2v) is 7.27. The van der Waals surface area contributed by atoms with Crippen molar-refractivity contribution >= 4 is 33.7 Å². The number of halogens is 1. The molecule has 2 rings (SSSR count). The van der Waals surface area contributed by atoms with Crippen LogP contribution in [0.1, 0.15) is 34.0 Å². The van der Waals surface area contributed by atoms with Gasteiger partial charge in [-0.3, -0.25) is 4.79 Å². The Hall–Kier alpha value is -2.14. The molecule has 0 aliphatic carbocycles. The van der Waals surface area contributed by atoms with Crippen molar-refractivity contribution in [1.29, 1.82) is 0 Å². The zero-order valence-corrected chi connectivity index (χ0v) is 17.6. The lowest BCUT2D eigenvalue weighted by molar-refractivity contribution is 0.0920. The highest BCUT2D eigenvalue weighted by Crippen LogP contribution is 2.27. The molecule has 0 atom stereocenters. The van der Waals surface area contributed by atoms with Crippen LogP contribution in [-0.2, 0) is 0 Å². The van der Waals surface area contributed by atoms with E-state index in [0.29, 0.717) is 11.3 Å². The molecule has 0 fully saturated rings. The van der Waals surface area contributed by atoms with Gasteiger partial charge in [0.25, 0.3) is 0 Å². The Morgan fingerprint density at radius 3 is 2.58 bits per heavy atom. The van der Waals surface area contributed by atoms with Crippen LogP contribution in [0, 0.1) is 20.8 Å². The summed E-state index contributed by atoms with van der Waals surface area (Å²) in [7, 11) is 1.98. The molecule has 0 spiro atoms. The monoisotopic (exact) mass is 416 g/mol. The average Bonchev–Trinajstić information content (AvgIpc) is 2.60. The number of aryl methyl sites for hydroxylation is 3. The standard InChI is InChI=1S/C21H25BrN2O2/c1-6-24(5)13-23-19-11-15(3)17(10-16(19)4)20(25)12-26-21-8-7-14(2)9-18(21)22/h7-11,13H,6,12H2,1-5H3. The molecule has 4 nitrogen and oxygen atoms in total. The maximum Gasteiger partial charge on any atom is 0.200 e. The van der Waals surface area contributed by atoms with Crippen molar-refractivity contribution in [2.75, 3.05) is 20.2 Å². The van der Waals surface area contributed by atoms with Gasteiger partial charge in [0.2, 0.25) is 0 Å². The summed E-state index contributed by atoms with van der Waals surface area (Å²) in [5, 5.41) is 0. The molecule has 0 bridgehead atoms. The molecule has 26 heavy (non-hydrogen) atoms. The van der Waals surface area contributed by atoms with E-state index in [4.69, 9.17) is 4.74 Å². The van der Waals surface area contributed by atoms with Gasteiger partial charge >= 0.3 is 0 Å². The summed E-state index contributed by atoms with van der Waals surface area (Å²) in [5.74, 6) is 0.626. The summed E-state index contributed by atoms with van der Waals surface area (Å²) in [5.41, 5.74) is 4.55. The molecule has 5 heteroatoms. The minimum atomic E-state index is -0.0423. The van der Waals surface area contributed by atoms with Crippen molar-refractivity contribution in [3.8, 4) is 5.75 Å². The SMILES string of the molecule is CCN(C)C=Nc1cc(C)c(C(=O)COc2ccc(C)cc2Br)cc1C. The largest absolute Gasteiger partial charge is 0.484 e. The molecule has 0 heterocycles. The van der Waals surface area contributed by atoms with E-state index in [1.807, 2.05) is 63.1 Å². The van der Waals surface area contributed by atoms with Crippen molar-refractivity contribution < 1.29 is 9.53 Å². The number of carbonyl (C=O) groups is 1. The number of nitrogens with zero attached hydrogens (tertiary/aromatic N) is 2. The zero-order chi connectivity index (χ0) is 19.3. The summed E-state index contributed by atoms with van der Waals surface area (Å²) in [4.78, 5) is 19.1. The van der Waals surface area contributed by atoms with Crippen LogP contribution < -0.4 is 4.74 Å². The smallest absolute Gasteiger partial charge is 0.200 e. The van der Waals surface area contributed by atoms with E-state index in [0.717, 1.165) is 33.4 Å². The quantitative estimate of drug-likeness (QED) is 0.351. The summed E-state index contributed by atoms with van der Waals surface area (Å²) in [6.07, 6.45) is 1.81. The fraction of sp³-hybridized carbons (Fsp3) is 0.333. The fourth-order valence-corrected chi connectivity index (χ4v) is 3.03. The second kappa shape index (κ2) is 8.99. The molecule has 0 N–H and O–H groups in total. The van der Waals surface area contributed by atoms with Crippen molar-refractivity contribution in [3.05, 3.63) is 57.1 Å². The topological polar surface area (TPSA) is 41.9 Å². The Kier molecular flexibility index (Phi) is 6.98. The Morgan fingerprint density at radius 1 is 1.19 bits per heavy atom.